The fourth-order valence-corrected chi connectivity index (χ4v) is 13.3. The van der Waals surface area contributed by atoms with Gasteiger partial charge in [-0.1, -0.05) is 239 Å². The molecule has 0 saturated heterocycles. The topological polar surface area (TPSA) is 0 Å². The largest absolute Gasteiger partial charge is 1.00 e. The van der Waals surface area contributed by atoms with Gasteiger partial charge in [0.05, 0.1) is 16.1 Å². The Morgan fingerprint density at radius 3 is 1.10 bits per heavy atom. The summed E-state index contributed by atoms with van der Waals surface area (Å²) in [4.78, 5) is 0. The van der Waals surface area contributed by atoms with Crippen LogP contribution >= 0.6 is 0 Å². The minimum Gasteiger partial charge on any atom is -0.262 e. The fraction of sp³-hybridized carbons (Fsp3) is 0.324. The van der Waals surface area contributed by atoms with E-state index in [1.807, 2.05) is 0 Å². The Bertz CT molecular complexity index is 2790. The minimum absolute atomic E-state index is 0. The average Bonchev–Trinajstić information content (AvgIpc) is 3.67. The van der Waals surface area contributed by atoms with Crippen LogP contribution in [0, 0.1) is 46.5 Å². The van der Waals surface area contributed by atoms with Crippen molar-refractivity contribution in [1.29, 1.82) is 0 Å². The Labute approximate surface area is 518 Å². The Kier molecular flexibility index (Phi) is 29.6. The fourth-order valence-electron chi connectivity index (χ4n) is 10.4. The van der Waals surface area contributed by atoms with Crippen LogP contribution in [0.15, 0.2) is 169 Å². The molecule has 0 fully saturated rings. The minimum atomic E-state index is -2.27. The van der Waals surface area contributed by atoms with Crippen molar-refractivity contribution in [3.05, 3.63) is 237 Å². The summed E-state index contributed by atoms with van der Waals surface area (Å²) >= 11 is 0. The maximum Gasteiger partial charge on any atom is 1.00 e. The first-order chi connectivity index (χ1) is 35.5. The van der Waals surface area contributed by atoms with Gasteiger partial charge in [-0.15, -0.1) is 59.6 Å². The van der Waals surface area contributed by atoms with Crippen molar-refractivity contribution in [2.45, 2.75) is 149 Å². The van der Waals surface area contributed by atoms with Gasteiger partial charge < -0.3 is 0 Å². The first kappa shape index (κ1) is 67.5. The number of hydrogen-bond acceptors (Lipinski definition) is 0. The number of fused-ring (bicyclic) bond motifs is 3. The second-order valence-electron chi connectivity index (χ2n) is 21.1. The van der Waals surface area contributed by atoms with Gasteiger partial charge in [0.1, 0.15) is 0 Å². The Morgan fingerprint density at radius 2 is 0.766 bits per heavy atom. The molecule has 1 aliphatic carbocycles. The van der Waals surface area contributed by atoms with Crippen molar-refractivity contribution in [3.63, 3.8) is 0 Å². The quantitative estimate of drug-likeness (QED) is 0.0224. The Morgan fingerprint density at radius 1 is 0.416 bits per heavy atom. The molecule has 77 heavy (non-hydrogen) atoms. The van der Waals surface area contributed by atoms with E-state index in [1.54, 1.807) is 0 Å². The van der Waals surface area contributed by atoms with Crippen molar-refractivity contribution in [2.24, 2.45) is 0 Å². The summed E-state index contributed by atoms with van der Waals surface area (Å²) in [5, 5.41) is 0. The van der Waals surface area contributed by atoms with Gasteiger partial charge in [0, 0.05) is 16.5 Å². The molecule has 0 aliphatic heterocycles. The van der Waals surface area contributed by atoms with Crippen molar-refractivity contribution in [3.8, 4) is 34.1 Å². The van der Waals surface area contributed by atoms with Gasteiger partial charge >= 0.3 is 75.4 Å². The summed E-state index contributed by atoms with van der Waals surface area (Å²) in [7, 11) is -4.54. The van der Waals surface area contributed by atoms with Gasteiger partial charge in [-0.25, -0.2) is 34.7 Å². The molecular weight excluding hydrogens is 937 g/mol. The molecule has 0 amide bonds. The van der Waals surface area contributed by atoms with Gasteiger partial charge in [-0.3, -0.25) is 11.1 Å². The van der Waals surface area contributed by atoms with Crippen LogP contribution in [-0.2, 0) is 5.41 Å². The molecule has 1 aliphatic rings. The van der Waals surface area contributed by atoms with Gasteiger partial charge in [0.2, 0.25) is 0 Å². The zero-order chi connectivity index (χ0) is 51.5. The molecule has 0 aromatic heterocycles. The summed E-state index contributed by atoms with van der Waals surface area (Å²) < 4.78 is 0. The van der Waals surface area contributed by atoms with Crippen LogP contribution in [0.4, 0.5) is 0 Å². The average molecular weight is 1020 g/mol. The van der Waals surface area contributed by atoms with Crippen molar-refractivity contribution in [2.75, 3.05) is 0 Å². The van der Waals surface area contributed by atoms with Crippen molar-refractivity contribution >= 4 is 27.3 Å². The summed E-state index contributed by atoms with van der Waals surface area (Å²) in [5.74, 6) is 7.00. The standard InChI is InChI=1S/C71H78Si2.4Li/c1-9-13-15-29-47-71(48-30-16-14-10-2)69-53-59(51-63(31-11-3)67(61-37-25-19-26-38-61)55-72(5,6)49-45-57-33-21-17-22-34-57)41-43-65(69)66-44-42-60(54-70(66)71)52-64(32-12-4)68(62-39-27-20-28-40-62)56-73(7,8)50-46-58-35-23-18-24-36-58;;;;/h17-28,33-44,53-54H,9-16,29-32,47-48H2,1-8H3;;;;/q-4;4*+1. The maximum atomic E-state index is 4.10. The molecule has 7 rings (SSSR count). The second kappa shape index (κ2) is 33.7. The van der Waals surface area contributed by atoms with Crippen LogP contribution in [0.5, 0.6) is 0 Å². The number of rotatable bonds is 22. The third-order valence-corrected chi connectivity index (χ3v) is 17.3. The third kappa shape index (κ3) is 19.2. The van der Waals surface area contributed by atoms with Crippen LogP contribution in [0.25, 0.3) is 22.3 Å². The van der Waals surface area contributed by atoms with Gasteiger partial charge in [-0.05, 0) is 48.2 Å². The first-order valence-corrected chi connectivity index (χ1v) is 33.6. The van der Waals surface area contributed by atoms with Gasteiger partial charge in [0.25, 0.3) is 0 Å². The monoisotopic (exact) mass is 1010 g/mol. The van der Waals surface area contributed by atoms with E-state index in [2.05, 4.69) is 258 Å². The van der Waals surface area contributed by atoms with Crippen LogP contribution in [-0.4, -0.2) is 16.1 Å². The molecule has 6 aromatic rings. The molecule has 0 heterocycles. The SMILES string of the molecule is CCCCCCC1(CCCCCC)c2cc([C-]=C(CCC)C(=[C-][Si](C)(C)C#Cc3ccccc3)c3ccccc3)ccc2-c2ccc([C-]=C(CCC)C(=[C-][Si](C)(C)C#Cc3ccccc3)c3ccccc3)cc21.[Li+].[Li+].[Li+].[Li+]. The predicted molar refractivity (Wildman–Crippen MR) is 319 cm³/mol. The maximum absolute atomic E-state index is 4.10. The van der Waals surface area contributed by atoms with Crippen LogP contribution in [0.2, 0.25) is 26.2 Å². The zero-order valence-corrected chi connectivity index (χ0v) is 51.4. The Balaban J connectivity index is 0.00000390. The van der Waals surface area contributed by atoms with E-state index in [4.69, 9.17) is 0 Å². The normalized spacial score (nSPS) is 12.9. The molecule has 0 unspecified atom stereocenters. The molecule has 0 radical (unpaired) electrons. The summed E-state index contributed by atoms with van der Waals surface area (Å²) in [6.07, 6.45) is 24.2. The van der Waals surface area contributed by atoms with E-state index in [0.717, 1.165) is 71.9 Å². The molecule has 6 aromatic carbocycles. The number of allylic oxidation sites excluding steroid dienone is 4. The van der Waals surface area contributed by atoms with Crippen molar-refractivity contribution in [1.82, 2.24) is 0 Å². The molecular formula is C71H78Li4Si2. The zero-order valence-electron chi connectivity index (χ0n) is 49.4. The van der Waals surface area contributed by atoms with E-state index >= 15 is 0 Å². The van der Waals surface area contributed by atoms with E-state index in [-0.39, 0.29) is 80.9 Å². The van der Waals surface area contributed by atoms with Crippen molar-refractivity contribution < 1.29 is 75.4 Å². The van der Waals surface area contributed by atoms with E-state index in [0.29, 0.717) is 0 Å². The molecule has 0 spiro atoms. The van der Waals surface area contributed by atoms with Gasteiger partial charge in [0.15, 0.2) is 0 Å². The van der Waals surface area contributed by atoms with Crippen LogP contribution in [0.1, 0.15) is 162 Å². The first-order valence-electron chi connectivity index (χ1n) is 27.6. The van der Waals surface area contributed by atoms with E-state index in [1.165, 1.54) is 95.9 Å². The van der Waals surface area contributed by atoms with E-state index in [9.17, 15) is 0 Å². The number of benzene rings is 6. The summed E-state index contributed by atoms with van der Waals surface area (Å²) in [5.41, 5.74) is 32.7. The van der Waals surface area contributed by atoms with E-state index < -0.39 is 16.1 Å². The number of unbranched alkanes of at least 4 members (excludes halogenated alkanes) is 6. The molecule has 0 nitrogen and oxygen atoms in total. The smallest absolute Gasteiger partial charge is 0.262 e. The summed E-state index contributed by atoms with van der Waals surface area (Å²) in [6.45, 7) is 18.5. The third-order valence-electron chi connectivity index (χ3n) is 14.1. The molecule has 374 valence electrons. The van der Waals surface area contributed by atoms with Crippen LogP contribution < -0.4 is 75.4 Å². The van der Waals surface area contributed by atoms with Crippen LogP contribution in [0.3, 0.4) is 0 Å². The predicted octanol–water partition coefficient (Wildman–Crippen LogP) is 7.12. The molecule has 0 bridgehead atoms. The number of hydrogen-bond donors (Lipinski definition) is 0. The second-order valence-corrected chi connectivity index (χ2v) is 28.6. The summed E-state index contributed by atoms with van der Waals surface area (Å²) in [6, 6.07) is 57.1. The Hall–Kier alpha value is -3.78. The molecule has 0 atom stereocenters. The molecule has 0 saturated carbocycles. The molecule has 0 N–H and O–H groups in total. The van der Waals surface area contributed by atoms with Gasteiger partial charge in [-0.2, -0.15) is 22.3 Å². The molecule has 6 heteroatoms.